The molecule has 0 bridgehead atoms. The van der Waals surface area contributed by atoms with Gasteiger partial charge in [-0.25, -0.2) is 4.79 Å². The van der Waals surface area contributed by atoms with Crippen LogP contribution in [0.2, 0.25) is 0 Å². The highest BCUT2D eigenvalue weighted by molar-refractivity contribution is 9.11. The number of hydrogen-bond donors (Lipinski definition) is 1. The van der Waals surface area contributed by atoms with E-state index in [1.54, 1.807) is 21.9 Å². The van der Waals surface area contributed by atoms with Crippen LogP contribution in [0.1, 0.15) is 23.5 Å². The monoisotopic (exact) mass is 555 g/mol. The minimum Gasteiger partial charge on any atom is -0.447 e. The summed E-state index contributed by atoms with van der Waals surface area (Å²) in [7, 11) is 0. The van der Waals surface area contributed by atoms with Gasteiger partial charge < -0.3 is 15.0 Å². The van der Waals surface area contributed by atoms with E-state index in [0.29, 0.717) is 33.9 Å². The molecule has 30 heavy (non-hydrogen) atoms. The van der Waals surface area contributed by atoms with Crippen LogP contribution in [0.15, 0.2) is 38.6 Å². The number of carbonyl (C=O) groups is 3. The Balaban J connectivity index is 1.51. The summed E-state index contributed by atoms with van der Waals surface area (Å²) in [5, 5.41) is 2.98. The van der Waals surface area contributed by atoms with Crippen molar-refractivity contribution < 1.29 is 19.1 Å². The van der Waals surface area contributed by atoms with Crippen LogP contribution in [0.25, 0.3) is 0 Å². The lowest BCUT2D eigenvalue weighted by Gasteiger charge is -2.22. The van der Waals surface area contributed by atoms with Crippen molar-refractivity contribution in [2.75, 3.05) is 23.0 Å². The highest BCUT2D eigenvalue weighted by Gasteiger charge is 2.39. The van der Waals surface area contributed by atoms with E-state index in [2.05, 4.69) is 37.2 Å². The van der Waals surface area contributed by atoms with Crippen LogP contribution in [0, 0.1) is 5.92 Å². The first-order chi connectivity index (χ1) is 14.3. The molecule has 2 fully saturated rings. The van der Waals surface area contributed by atoms with Gasteiger partial charge in [0, 0.05) is 16.7 Å². The van der Waals surface area contributed by atoms with Crippen LogP contribution in [-0.4, -0.2) is 43.1 Å². The second-order valence-corrected chi connectivity index (χ2v) is 10.7. The average molecular weight is 557 g/mol. The highest BCUT2D eigenvalue weighted by Crippen LogP contribution is 2.36. The maximum absolute atomic E-state index is 12.9. The molecule has 10 heteroatoms. The quantitative estimate of drug-likeness (QED) is 0.605. The van der Waals surface area contributed by atoms with Gasteiger partial charge in [-0.15, -0.1) is 11.3 Å². The molecule has 7 nitrogen and oxygen atoms in total. The van der Waals surface area contributed by atoms with Crippen molar-refractivity contribution >= 4 is 72.5 Å². The highest BCUT2D eigenvalue weighted by atomic mass is 79.9. The normalized spacial score (nSPS) is 23.8. The maximum Gasteiger partial charge on any atom is 0.414 e. The number of anilines is 2. The molecule has 1 aromatic carbocycles. The van der Waals surface area contributed by atoms with Gasteiger partial charge in [0.15, 0.2) is 0 Å². The van der Waals surface area contributed by atoms with E-state index in [1.807, 2.05) is 32.0 Å². The summed E-state index contributed by atoms with van der Waals surface area (Å²) < 4.78 is 6.67. The molecule has 4 rings (SSSR count). The van der Waals surface area contributed by atoms with Crippen LogP contribution in [0.3, 0.4) is 0 Å². The van der Waals surface area contributed by atoms with Gasteiger partial charge in [-0.1, -0.05) is 6.92 Å². The summed E-state index contributed by atoms with van der Waals surface area (Å²) in [4.78, 5) is 41.2. The van der Waals surface area contributed by atoms with E-state index in [0.717, 1.165) is 3.79 Å². The molecule has 3 heterocycles. The summed E-state index contributed by atoms with van der Waals surface area (Å²) in [6.07, 6.45) is -0.384. The topological polar surface area (TPSA) is 79.0 Å². The van der Waals surface area contributed by atoms with Gasteiger partial charge in [0.2, 0.25) is 5.91 Å². The standard InChI is InChI=1S/C20H19Br2N3O4S/c1-10-9-29-20(28)25(10)15-4-3-12(7-13(15)21)24-8-14(11(2)19(24)27)23-18(26)16-5-6-17(22)30-16/h3-7,10-11,14H,8-9H2,1-2H3,(H,23,26). The molecule has 0 aliphatic carbocycles. The number of amides is 3. The fourth-order valence-corrected chi connectivity index (χ4v) is 5.50. The molecular weight excluding hydrogens is 538 g/mol. The molecule has 3 unspecified atom stereocenters. The molecule has 2 saturated heterocycles. The third kappa shape index (κ3) is 3.88. The number of nitrogens with one attached hydrogen (secondary N) is 1. The second kappa shape index (κ2) is 8.32. The first-order valence-electron chi connectivity index (χ1n) is 9.39. The Morgan fingerprint density at radius 1 is 1.20 bits per heavy atom. The van der Waals surface area contributed by atoms with Gasteiger partial charge >= 0.3 is 6.09 Å². The largest absolute Gasteiger partial charge is 0.447 e. The summed E-state index contributed by atoms with van der Waals surface area (Å²) >= 11 is 8.23. The zero-order valence-electron chi connectivity index (χ0n) is 16.2. The molecule has 1 aromatic heterocycles. The van der Waals surface area contributed by atoms with E-state index >= 15 is 0 Å². The van der Waals surface area contributed by atoms with E-state index in [-0.39, 0.29) is 35.9 Å². The fourth-order valence-electron chi connectivity index (χ4n) is 3.65. The summed E-state index contributed by atoms with van der Waals surface area (Å²) in [6.45, 7) is 4.46. The van der Waals surface area contributed by atoms with Crippen LogP contribution in [0.4, 0.5) is 16.2 Å². The minimum atomic E-state index is -0.384. The van der Waals surface area contributed by atoms with Gasteiger partial charge in [0.1, 0.15) is 6.61 Å². The number of carbonyl (C=O) groups excluding carboxylic acids is 3. The Morgan fingerprint density at radius 2 is 1.97 bits per heavy atom. The molecule has 1 N–H and O–H groups in total. The van der Waals surface area contributed by atoms with Crippen molar-refractivity contribution in [2.45, 2.75) is 25.9 Å². The lowest BCUT2D eigenvalue weighted by molar-refractivity contribution is -0.120. The molecule has 0 spiro atoms. The van der Waals surface area contributed by atoms with Gasteiger partial charge in [-0.3, -0.25) is 14.5 Å². The number of benzene rings is 1. The molecule has 158 valence electrons. The Hall–Kier alpha value is -1.91. The van der Waals surface area contributed by atoms with Crippen LogP contribution >= 0.6 is 43.2 Å². The Morgan fingerprint density at radius 3 is 2.57 bits per heavy atom. The number of ether oxygens (including phenoxy) is 1. The molecule has 3 atom stereocenters. The van der Waals surface area contributed by atoms with Gasteiger partial charge in [-0.2, -0.15) is 0 Å². The zero-order valence-corrected chi connectivity index (χ0v) is 20.2. The molecular formula is C20H19Br2N3O4S. The van der Waals surface area contributed by atoms with Crippen molar-refractivity contribution in [1.82, 2.24) is 5.32 Å². The predicted molar refractivity (Wildman–Crippen MR) is 122 cm³/mol. The number of cyclic esters (lactones) is 1. The zero-order chi connectivity index (χ0) is 21.6. The van der Waals surface area contributed by atoms with Gasteiger partial charge in [-0.05, 0) is 69.1 Å². The SMILES string of the molecule is CC1C(=O)N(c2ccc(N3C(=O)OCC3C)c(Br)c2)CC1NC(=O)c1ccc(Br)s1. The summed E-state index contributed by atoms with van der Waals surface area (Å²) in [5.41, 5.74) is 1.40. The number of nitrogens with zero attached hydrogens (tertiary/aromatic N) is 2. The Labute approximate surface area is 194 Å². The lowest BCUT2D eigenvalue weighted by atomic mass is 10.1. The van der Waals surface area contributed by atoms with Crippen LogP contribution in [0.5, 0.6) is 0 Å². The first kappa shape index (κ1) is 21.3. The maximum atomic E-state index is 12.9. The van der Waals surface area contributed by atoms with Gasteiger partial charge in [0.05, 0.1) is 32.4 Å². The number of hydrogen-bond acceptors (Lipinski definition) is 5. The number of halogens is 2. The molecule has 2 aliphatic heterocycles. The van der Waals surface area contributed by atoms with Crippen molar-refractivity contribution in [3.63, 3.8) is 0 Å². The van der Waals surface area contributed by atoms with Crippen molar-refractivity contribution in [3.8, 4) is 0 Å². The molecule has 2 aliphatic rings. The van der Waals surface area contributed by atoms with E-state index < -0.39 is 0 Å². The smallest absolute Gasteiger partial charge is 0.414 e. The van der Waals surface area contributed by atoms with Crippen LogP contribution < -0.4 is 15.1 Å². The van der Waals surface area contributed by atoms with Crippen molar-refractivity contribution in [3.05, 3.63) is 43.5 Å². The minimum absolute atomic E-state index is 0.0544. The predicted octanol–water partition coefficient (Wildman–Crippen LogP) is 4.40. The fraction of sp³-hybridized carbons (Fsp3) is 0.350. The molecule has 0 radical (unpaired) electrons. The molecule has 3 amide bonds. The molecule has 0 saturated carbocycles. The summed E-state index contributed by atoms with van der Waals surface area (Å²) in [6, 6.07) is 8.65. The third-order valence-electron chi connectivity index (χ3n) is 5.34. The summed E-state index contributed by atoms with van der Waals surface area (Å²) in [5.74, 6) is -0.582. The van der Waals surface area contributed by atoms with E-state index in [9.17, 15) is 14.4 Å². The average Bonchev–Trinajstić information content (AvgIpc) is 3.36. The van der Waals surface area contributed by atoms with E-state index in [1.165, 1.54) is 11.3 Å². The van der Waals surface area contributed by atoms with Crippen molar-refractivity contribution in [2.24, 2.45) is 5.92 Å². The third-order valence-corrected chi connectivity index (χ3v) is 7.60. The first-order valence-corrected chi connectivity index (χ1v) is 11.8. The van der Waals surface area contributed by atoms with Crippen molar-refractivity contribution in [1.29, 1.82) is 0 Å². The van der Waals surface area contributed by atoms with Crippen LogP contribution in [-0.2, 0) is 9.53 Å². The molecule has 2 aromatic rings. The Bertz CT molecular complexity index is 1030. The number of rotatable bonds is 4. The van der Waals surface area contributed by atoms with E-state index in [4.69, 9.17) is 4.74 Å². The van der Waals surface area contributed by atoms with Gasteiger partial charge in [0.25, 0.3) is 5.91 Å². The number of thiophene rings is 1. The Kier molecular flexibility index (Phi) is 5.91. The lowest BCUT2D eigenvalue weighted by Crippen LogP contribution is -2.39. The second-order valence-electron chi connectivity index (χ2n) is 7.35.